The zero-order chi connectivity index (χ0) is 22.9. The fourth-order valence-corrected chi connectivity index (χ4v) is 10.7. The predicted octanol–water partition coefficient (Wildman–Crippen LogP) is 4.72. The van der Waals surface area contributed by atoms with Gasteiger partial charge in [0.25, 0.3) is 0 Å². The Kier molecular flexibility index (Phi) is 5.15. The molecule has 0 radical (unpaired) electrons. The number of para-hydroxylation sites is 1. The van der Waals surface area contributed by atoms with Crippen molar-refractivity contribution in [3.8, 4) is 5.75 Å². The lowest BCUT2D eigenvalue weighted by atomic mass is 9.56. The minimum atomic E-state index is -1.88. The summed E-state index contributed by atoms with van der Waals surface area (Å²) in [6.45, 7) is 10.8. The van der Waals surface area contributed by atoms with Crippen molar-refractivity contribution >= 4 is 19.8 Å². The van der Waals surface area contributed by atoms with Crippen LogP contribution in [0.25, 0.3) is 0 Å². The van der Waals surface area contributed by atoms with E-state index in [2.05, 4.69) is 62.8 Å². The molecule has 1 saturated carbocycles. The van der Waals surface area contributed by atoms with Gasteiger partial charge in [-0.1, -0.05) is 39.0 Å². The highest BCUT2D eigenvalue weighted by atomic mass is 28.4. The first-order chi connectivity index (χ1) is 15.4. The van der Waals surface area contributed by atoms with Crippen LogP contribution in [0.4, 0.5) is 5.69 Å². The highest BCUT2D eigenvalue weighted by Crippen LogP contribution is 2.68. The van der Waals surface area contributed by atoms with Gasteiger partial charge in [0.05, 0.1) is 24.3 Å². The number of likely N-dealkylation sites (N-methyl/N-ethyl adjacent to an activating group) is 1. The molecule has 0 aromatic heterocycles. The van der Waals surface area contributed by atoms with E-state index in [0.717, 1.165) is 55.5 Å². The van der Waals surface area contributed by atoms with Crippen molar-refractivity contribution in [3.05, 3.63) is 35.4 Å². The number of carbonyl (C=O) groups excluding carboxylic acids is 1. The van der Waals surface area contributed by atoms with Crippen molar-refractivity contribution in [2.75, 3.05) is 32.1 Å². The lowest BCUT2D eigenvalue weighted by Crippen LogP contribution is -2.77. The predicted molar refractivity (Wildman–Crippen MR) is 131 cm³/mol. The molecule has 32 heavy (non-hydrogen) atoms. The average Bonchev–Trinajstić information content (AvgIpc) is 3.31. The maximum absolute atomic E-state index is 14.4. The van der Waals surface area contributed by atoms with Gasteiger partial charge in [0.2, 0.25) is 0 Å². The van der Waals surface area contributed by atoms with Crippen LogP contribution in [0.15, 0.2) is 29.8 Å². The van der Waals surface area contributed by atoms with Crippen LogP contribution in [0.3, 0.4) is 0 Å². The molecule has 0 unspecified atom stereocenters. The van der Waals surface area contributed by atoms with Gasteiger partial charge in [-0.2, -0.15) is 0 Å². The smallest absolute Gasteiger partial charge is 0.192 e. The van der Waals surface area contributed by atoms with Crippen LogP contribution in [0.2, 0.25) is 18.1 Å². The molecule has 4 aliphatic rings. The first-order valence-corrected chi connectivity index (χ1v) is 15.0. The van der Waals surface area contributed by atoms with Crippen molar-refractivity contribution in [1.82, 2.24) is 4.90 Å². The summed E-state index contributed by atoms with van der Waals surface area (Å²) in [7, 11) is 1.97. The van der Waals surface area contributed by atoms with Gasteiger partial charge in [0, 0.05) is 26.1 Å². The topological polar surface area (TPSA) is 42.0 Å². The maximum Gasteiger partial charge on any atom is 0.192 e. The van der Waals surface area contributed by atoms with E-state index >= 15 is 0 Å². The molecule has 0 N–H and O–H groups in total. The molecular weight excluding hydrogens is 416 g/mol. The van der Waals surface area contributed by atoms with E-state index in [1.807, 2.05) is 6.07 Å². The molecular formula is C26H38N2O3Si. The van der Waals surface area contributed by atoms with E-state index in [9.17, 15) is 4.79 Å². The molecule has 3 heterocycles. The van der Waals surface area contributed by atoms with Gasteiger partial charge >= 0.3 is 0 Å². The summed E-state index contributed by atoms with van der Waals surface area (Å²) >= 11 is 0. The van der Waals surface area contributed by atoms with Crippen LogP contribution in [0.5, 0.6) is 5.75 Å². The maximum atomic E-state index is 14.4. The van der Waals surface area contributed by atoms with E-state index in [1.165, 1.54) is 11.1 Å². The third-order valence-electron chi connectivity index (χ3n) is 9.55. The minimum absolute atomic E-state index is 0.0486. The number of rotatable bonds is 6. The Morgan fingerprint density at radius 2 is 1.94 bits per heavy atom. The van der Waals surface area contributed by atoms with Gasteiger partial charge in [0.15, 0.2) is 19.8 Å². The number of hydrogen-bond acceptors (Lipinski definition) is 5. The summed E-state index contributed by atoms with van der Waals surface area (Å²) in [5.74, 6) is 1.18. The number of fused-ring (bicyclic) bond motifs is 2. The number of hydrogen-bond donors (Lipinski definition) is 0. The monoisotopic (exact) mass is 454 g/mol. The van der Waals surface area contributed by atoms with Crippen LogP contribution < -0.4 is 9.64 Å². The molecule has 1 aromatic rings. The number of nitrogens with zero attached hydrogens (tertiary/aromatic N) is 2. The number of piperidine rings is 1. The van der Waals surface area contributed by atoms with Crippen molar-refractivity contribution < 1.29 is 14.0 Å². The zero-order valence-electron chi connectivity index (χ0n) is 20.5. The quantitative estimate of drug-likeness (QED) is 0.459. The lowest BCUT2D eigenvalue weighted by molar-refractivity contribution is -0.149. The number of carbonyl (C=O) groups is 1. The second-order valence-electron chi connectivity index (χ2n) is 10.1. The van der Waals surface area contributed by atoms with E-state index in [0.29, 0.717) is 5.78 Å². The highest BCUT2D eigenvalue weighted by Gasteiger charge is 2.78. The molecule has 1 spiro atoms. The van der Waals surface area contributed by atoms with Crippen LogP contribution in [-0.4, -0.2) is 58.0 Å². The Morgan fingerprint density at radius 1 is 1.22 bits per heavy atom. The van der Waals surface area contributed by atoms with Gasteiger partial charge in [-0.3, -0.25) is 9.69 Å². The van der Waals surface area contributed by atoms with Gasteiger partial charge in [-0.05, 0) is 55.1 Å². The minimum Gasteiger partial charge on any atom is -0.495 e. The Hall–Kier alpha value is -1.63. The van der Waals surface area contributed by atoms with Gasteiger partial charge in [-0.25, -0.2) is 0 Å². The first-order valence-electron chi connectivity index (χ1n) is 12.4. The van der Waals surface area contributed by atoms with Crippen molar-refractivity contribution in [2.45, 2.75) is 75.9 Å². The summed E-state index contributed by atoms with van der Waals surface area (Å²) in [5.41, 5.74) is 2.62. The van der Waals surface area contributed by atoms with Crippen LogP contribution in [-0.2, 0) is 14.6 Å². The third kappa shape index (κ3) is 2.34. The van der Waals surface area contributed by atoms with Gasteiger partial charge in [0.1, 0.15) is 5.75 Å². The van der Waals surface area contributed by atoms with Gasteiger partial charge < -0.3 is 14.1 Å². The first kappa shape index (κ1) is 22.2. The van der Waals surface area contributed by atoms with Crippen molar-refractivity contribution in [2.24, 2.45) is 5.92 Å². The molecule has 3 aliphatic heterocycles. The molecule has 2 bridgehead atoms. The molecule has 6 heteroatoms. The molecule has 0 amide bonds. The molecule has 3 fully saturated rings. The number of methoxy groups -OCH3 is 1. The SMILES string of the molecule is C/C=C1\CN2CC[C@]34c5cccc(OC)c5N(C)[C@]23C(=O)[C@H]1C[C@H]4O[Si](CC)(CC)CC. The number of anilines is 1. The summed E-state index contributed by atoms with van der Waals surface area (Å²) < 4.78 is 13.2. The van der Waals surface area contributed by atoms with Crippen LogP contribution >= 0.6 is 0 Å². The number of benzene rings is 1. The zero-order valence-corrected chi connectivity index (χ0v) is 21.5. The number of ketones is 1. The Bertz CT molecular complexity index is 966. The van der Waals surface area contributed by atoms with Crippen molar-refractivity contribution in [1.29, 1.82) is 0 Å². The summed E-state index contributed by atoms with van der Waals surface area (Å²) in [6.07, 6.45) is 4.00. The van der Waals surface area contributed by atoms with E-state index in [1.54, 1.807) is 7.11 Å². The van der Waals surface area contributed by atoms with Crippen LogP contribution in [0.1, 0.15) is 46.1 Å². The highest BCUT2D eigenvalue weighted by molar-refractivity contribution is 6.73. The molecule has 4 atom stereocenters. The van der Waals surface area contributed by atoms with Crippen LogP contribution in [0, 0.1) is 5.92 Å². The second-order valence-corrected chi connectivity index (χ2v) is 14.8. The Balaban J connectivity index is 1.78. The summed E-state index contributed by atoms with van der Waals surface area (Å²) in [5, 5.41) is 0. The number of allylic oxidation sites excluding steroid dienone is 1. The fraction of sp³-hybridized carbons (Fsp3) is 0.654. The van der Waals surface area contributed by atoms with E-state index in [4.69, 9.17) is 9.16 Å². The van der Waals surface area contributed by atoms with Crippen molar-refractivity contribution in [3.63, 3.8) is 0 Å². The Labute approximate surface area is 193 Å². The second kappa shape index (κ2) is 7.44. The normalized spacial score (nSPS) is 34.8. The van der Waals surface area contributed by atoms with E-state index in [-0.39, 0.29) is 17.4 Å². The number of Topliss-reactive ketones (excluding diaryl/α,β-unsaturated/α-hetero) is 1. The fourth-order valence-electron chi connectivity index (χ4n) is 7.77. The average molecular weight is 455 g/mol. The lowest BCUT2D eigenvalue weighted by Gasteiger charge is -2.60. The van der Waals surface area contributed by atoms with E-state index < -0.39 is 14.0 Å². The summed E-state index contributed by atoms with van der Waals surface area (Å²) in [4.78, 5) is 19.2. The third-order valence-corrected chi connectivity index (χ3v) is 14.2. The Morgan fingerprint density at radius 3 is 2.56 bits per heavy atom. The molecule has 1 aliphatic carbocycles. The molecule has 174 valence electrons. The standard InChI is InChI=1S/C26H38N2O3Si/c1-7-18-17-28-15-14-25-20-12-11-13-21(30-6)23(20)27(5)26(25,28)24(29)19(18)16-22(25)31-32(8-2,9-3)10-4/h7,11-13,19,22H,8-10,14-17H2,1-6H3/b18-7+/t19-,22+,25+,26+/m0/s1. The molecule has 5 rings (SSSR count). The summed E-state index contributed by atoms with van der Waals surface area (Å²) in [6, 6.07) is 9.75. The van der Waals surface area contributed by atoms with Gasteiger partial charge in [-0.15, -0.1) is 0 Å². The molecule has 1 aromatic carbocycles. The molecule has 2 saturated heterocycles. The largest absolute Gasteiger partial charge is 0.495 e. The molecule has 5 nitrogen and oxygen atoms in total. The number of ether oxygens (including phenoxy) is 1.